The summed E-state index contributed by atoms with van der Waals surface area (Å²) in [6.45, 7) is 0.144. The molecule has 0 spiro atoms. The molecule has 1 aliphatic carbocycles. The average Bonchev–Trinajstić information content (AvgIpc) is 3.47. The summed E-state index contributed by atoms with van der Waals surface area (Å²) >= 11 is 0. The van der Waals surface area contributed by atoms with Crippen molar-refractivity contribution in [3.63, 3.8) is 0 Å². The summed E-state index contributed by atoms with van der Waals surface area (Å²) in [6, 6.07) is 32.7. The predicted molar refractivity (Wildman–Crippen MR) is 167 cm³/mol. The predicted octanol–water partition coefficient (Wildman–Crippen LogP) is 9.14. The van der Waals surface area contributed by atoms with E-state index >= 15 is 8.78 Å². The van der Waals surface area contributed by atoms with E-state index < -0.39 is 29.7 Å². The van der Waals surface area contributed by atoms with Crippen LogP contribution >= 0.6 is 0 Å². The Balaban J connectivity index is 0.000000260. The molecule has 0 fully saturated rings. The molecule has 0 bridgehead atoms. The van der Waals surface area contributed by atoms with E-state index in [1.165, 1.54) is 20.0 Å². The van der Waals surface area contributed by atoms with Gasteiger partial charge in [0.15, 0.2) is 0 Å². The monoisotopic (exact) mass is 776 g/mol. The fourth-order valence-electron chi connectivity index (χ4n) is 5.70. The van der Waals surface area contributed by atoms with Crippen LogP contribution in [0, 0.1) is 19.0 Å². The van der Waals surface area contributed by atoms with Gasteiger partial charge in [-0.05, 0) is 49.8 Å². The van der Waals surface area contributed by atoms with Crippen molar-refractivity contribution in [1.82, 2.24) is 19.9 Å². The molecule has 5 nitrogen and oxygen atoms in total. The minimum atomic E-state index is -3.48. The van der Waals surface area contributed by atoms with E-state index in [1.54, 1.807) is 30.6 Å². The van der Waals surface area contributed by atoms with Gasteiger partial charge in [0.2, 0.25) is 0 Å². The standard InChI is InChI=1S/C26H18F2N3O.C11H8N.Ir/c1-14-30-13-19-15-10-11-17-16-7-6-8-18(20-9-4-5-12-29-20)22(16)32-23(17)21(15)25(2,3)26(27,28)24(19)31-14;1-2-6-10(7-3-1)11-8-4-5-9-12-11;/h4-7,9-13H,1-3H3;1-6,8-9H;/q2*-1;/i1D3;;. The van der Waals surface area contributed by atoms with Crippen LogP contribution in [0.2, 0.25) is 0 Å². The van der Waals surface area contributed by atoms with Gasteiger partial charge in [-0.25, -0.2) is 9.97 Å². The Labute approximate surface area is 277 Å². The van der Waals surface area contributed by atoms with Crippen LogP contribution < -0.4 is 0 Å². The molecule has 0 saturated heterocycles. The van der Waals surface area contributed by atoms with Crippen molar-refractivity contribution in [2.24, 2.45) is 0 Å². The summed E-state index contributed by atoms with van der Waals surface area (Å²) in [5.41, 5.74) is 2.71. The molecule has 45 heavy (non-hydrogen) atoms. The molecule has 225 valence electrons. The van der Waals surface area contributed by atoms with Crippen LogP contribution in [0.15, 0.2) is 108 Å². The van der Waals surface area contributed by atoms with Crippen LogP contribution in [0.25, 0.3) is 55.6 Å². The van der Waals surface area contributed by atoms with Crippen LogP contribution in [0.3, 0.4) is 0 Å². The maximum absolute atomic E-state index is 16.0. The zero-order valence-electron chi connectivity index (χ0n) is 27.1. The van der Waals surface area contributed by atoms with E-state index in [4.69, 9.17) is 8.53 Å². The summed E-state index contributed by atoms with van der Waals surface area (Å²) in [4.78, 5) is 16.4. The van der Waals surface area contributed by atoms with E-state index in [-0.39, 0.29) is 25.7 Å². The number of aromatic nitrogens is 4. The third-order valence-electron chi connectivity index (χ3n) is 7.96. The molecule has 0 amide bonds. The van der Waals surface area contributed by atoms with Crippen LogP contribution in [0.4, 0.5) is 8.78 Å². The number of benzene rings is 3. The second-order valence-electron chi connectivity index (χ2n) is 10.9. The number of aryl methyl sites for hydroxylation is 1. The number of hydrogen-bond acceptors (Lipinski definition) is 5. The van der Waals surface area contributed by atoms with Crippen molar-refractivity contribution in [2.75, 3.05) is 0 Å². The van der Waals surface area contributed by atoms with Crippen molar-refractivity contribution in [2.45, 2.75) is 32.0 Å². The van der Waals surface area contributed by atoms with Gasteiger partial charge in [-0.2, -0.15) is 8.78 Å². The third kappa shape index (κ3) is 5.04. The summed E-state index contributed by atoms with van der Waals surface area (Å²) in [5, 5.41) is 1.46. The first-order chi connectivity index (χ1) is 22.5. The van der Waals surface area contributed by atoms with Crippen LogP contribution in [0.5, 0.6) is 0 Å². The first-order valence-corrected chi connectivity index (χ1v) is 13.9. The zero-order chi connectivity index (χ0) is 33.0. The number of hydrogen-bond donors (Lipinski definition) is 0. The minimum absolute atomic E-state index is 0. The van der Waals surface area contributed by atoms with Gasteiger partial charge in [0, 0.05) is 59.3 Å². The number of furan rings is 1. The fourth-order valence-corrected chi connectivity index (χ4v) is 5.70. The van der Waals surface area contributed by atoms with Gasteiger partial charge < -0.3 is 14.4 Å². The molecule has 8 heteroatoms. The van der Waals surface area contributed by atoms with E-state index in [2.05, 4.69) is 32.1 Å². The van der Waals surface area contributed by atoms with Crippen LogP contribution in [-0.4, -0.2) is 19.9 Å². The summed E-state index contributed by atoms with van der Waals surface area (Å²) < 4.78 is 61.1. The van der Waals surface area contributed by atoms with Gasteiger partial charge in [0.05, 0.1) is 11.0 Å². The molecule has 1 radical (unpaired) electrons. The van der Waals surface area contributed by atoms with Crippen molar-refractivity contribution in [1.29, 1.82) is 0 Å². The molecule has 0 saturated carbocycles. The van der Waals surface area contributed by atoms with Gasteiger partial charge >= 0.3 is 0 Å². The Bertz CT molecular complexity index is 2210. The zero-order valence-corrected chi connectivity index (χ0v) is 26.5. The van der Waals surface area contributed by atoms with E-state index in [1.807, 2.05) is 66.7 Å². The first kappa shape index (κ1) is 26.7. The molecule has 7 aromatic rings. The fraction of sp³-hybridized carbons (Fsp3) is 0.135. The van der Waals surface area contributed by atoms with Gasteiger partial charge in [-0.3, -0.25) is 0 Å². The van der Waals surface area contributed by atoms with Gasteiger partial charge in [0.1, 0.15) is 17.1 Å². The van der Waals surface area contributed by atoms with E-state index in [9.17, 15) is 0 Å². The molecular weight excluding hydrogens is 747 g/mol. The normalized spacial score (nSPS) is 15.3. The number of pyridine rings is 2. The SMILES string of the molecule is [2H]C([2H])([2H])c1ncc2c(n1)C(F)(F)C(C)(C)c1c-2ccc2c1oc1c(-c3ccccn3)[c-]ccc12.[Ir].[c-]1ccccc1-c1ccccn1. The Morgan fingerprint density at radius 2 is 1.49 bits per heavy atom. The Morgan fingerprint density at radius 1 is 0.756 bits per heavy atom. The molecule has 0 N–H and O–H groups in total. The summed E-state index contributed by atoms with van der Waals surface area (Å²) in [6.07, 6.45) is 4.63. The molecule has 3 aromatic carbocycles. The minimum Gasteiger partial charge on any atom is -0.500 e. The Kier molecular flexibility index (Phi) is 6.94. The van der Waals surface area contributed by atoms with Crippen LogP contribution in [-0.2, 0) is 31.4 Å². The number of halogens is 2. The summed E-state index contributed by atoms with van der Waals surface area (Å²) in [7, 11) is 0. The number of alkyl halides is 2. The Hall–Kier alpha value is -4.65. The largest absolute Gasteiger partial charge is 0.500 e. The van der Waals surface area contributed by atoms with Gasteiger partial charge in [-0.1, -0.05) is 47.3 Å². The maximum atomic E-state index is 16.0. The molecule has 1 aliphatic rings. The first-order valence-electron chi connectivity index (χ1n) is 15.4. The average molecular weight is 776 g/mol. The van der Waals surface area contributed by atoms with E-state index in [0.29, 0.717) is 38.9 Å². The third-order valence-corrected chi connectivity index (χ3v) is 7.96. The van der Waals surface area contributed by atoms with Crippen molar-refractivity contribution < 1.29 is 37.4 Å². The van der Waals surface area contributed by atoms with E-state index in [0.717, 1.165) is 16.6 Å². The van der Waals surface area contributed by atoms with Crippen molar-refractivity contribution in [3.8, 4) is 33.6 Å². The summed E-state index contributed by atoms with van der Waals surface area (Å²) in [5.74, 6) is -4.09. The topological polar surface area (TPSA) is 64.7 Å². The molecule has 8 rings (SSSR count). The maximum Gasteiger partial charge on any atom is 0.299 e. The molecule has 4 aromatic heterocycles. The number of rotatable bonds is 2. The second-order valence-corrected chi connectivity index (χ2v) is 10.9. The quantitative estimate of drug-likeness (QED) is 0.164. The van der Waals surface area contributed by atoms with Crippen molar-refractivity contribution in [3.05, 3.63) is 133 Å². The van der Waals surface area contributed by atoms with Crippen LogP contribution in [0.1, 0.15) is 35.0 Å². The smallest absolute Gasteiger partial charge is 0.299 e. The molecule has 0 atom stereocenters. The molecule has 0 aliphatic heterocycles. The van der Waals surface area contributed by atoms with Gasteiger partial charge in [0.25, 0.3) is 5.92 Å². The molecule has 0 unspecified atom stereocenters. The molecule has 4 heterocycles. The molecular formula is C37H26F2IrN4O-2. The Morgan fingerprint density at radius 3 is 2.18 bits per heavy atom. The second kappa shape index (κ2) is 11.7. The number of fused-ring (bicyclic) bond motifs is 7. The van der Waals surface area contributed by atoms with Crippen molar-refractivity contribution >= 4 is 21.9 Å². The van der Waals surface area contributed by atoms with Gasteiger partial charge in [-0.15, -0.1) is 54.1 Å². The number of nitrogens with zero attached hydrogens (tertiary/aromatic N) is 4.